The zero-order chi connectivity index (χ0) is 18.5. The van der Waals surface area contributed by atoms with Gasteiger partial charge in [0.15, 0.2) is 6.29 Å². The maximum Gasteiger partial charge on any atom is 0.500 e. The number of benzene rings is 1. The molecule has 0 aliphatic carbocycles. The largest absolute Gasteiger partial charge is 0.500 e. The highest BCUT2D eigenvalue weighted by molar-refractivity contribution is 6.60. The van der Waals surface area contributed by atoms with Gasteiger partial charge in [0.25, 0.3) is 0 Å². The van der Waals surface area contributed by atoms with Crippen molar-refractivity contribution in [2.45, 2.75) is 59.8 Å². The fourth-order valence-corrected chi connectivity index (χ4v) is 5.32. The molecule has 1 rings (SSSR count). The molecule has 0 fully saturated rings. The molecule has 0 aliphatic heterocycles. The summed E-state index contributed by atoms with van der Waals surface area (Å²) in [5, 5.41) is 0. The molecule has 1 aromatic carbocycles. The van der Waals surface area contributed by atoms with Gasteiger partial charge in [-0.3, -0.25) is 0 Å². The van der Waals surface area contributed by atoms with E-state index >= 15 is 0 Å². The molecule has 0 aromatic heterocycles. The monoisotopic (exact) mass is 370 g/mol. The second-order valence-corrected chi connectivity index (χ2v) is 8.35. The van der Waals surface area contributed by atoms with E-state index in [0.29, 0.717) is 26.4 Å². The van der Waals surface area contributed by atoms with Crippen molar-refractivity contribution in [3.05, 3.63) is 29.8 Å². The van der Waals surface area contributed by atoms with Crippen LogP contribution in [0, 0.1) is 0 Å². The molecule has 5 nitrogen and oxygen atoms in total. The summed E-state index contributed by atoms with van der Waals surface area (Å²) in [4.78, 5) is 0. The first-order valence-corrected chi connectivity index (χ1v) is 11.3. The molecule has 1 atom stereocenters. The molecule has 25 heavy (non-hydrogen) atoms. The van der Waals surface area contributed by atoms with E-state index in [1.165, 1.54) is 5.56 Å². The lowest BCUT2D eigenvalue weighted by atomic mass is 10.1. The Bertz CT molecular complexity index is 435. The molecule has 0 saturated heterocycles. The van der Waals surface area contributed by atoms with E-state index in [4.69, 9.17) is 22.8 Å². The van der Waals surface area contributed by atoms with Crippen LogP contribution in [0.1, 0.15) is 46.6 Å². The fraction of sp³-hybridized carbons (Fsp3) is 0.684. The highest BCUT2D eigenvalue weighted by atomic mass is 28.4. The normalized spacial score (nSPS) is 13.0. The highest BCUT2D eigenvalue weighted by Crippen LogP contribution is 2.21. The number of hydrogen-bond acceptors (Lipinski definition) is 5. The quantitative estimate of drug-likeness (QED) is 0.358. The van der Waals surface area contributed by atoms with Gasteiger partial charge in [-0.1, -0.05) is 12.1 Å². The third-order valence-corrected chi connectivity index (χ3v) is 6.82. The standard InChI is InChI=1S/C19H34O5Si/c1-6-20-17(5)24-19-14-12-18(13-15-19)11-10-16-25(21-7-2,22-8-3)23-9-4/h12-15,17H,6-11,16H2,1-5H3. The Morgan fingerprint density at radius 1 is 0.840 bits per heavy atom. The van der Waals surface area contributed by atoms with Gasteiger partial charge in [0.05, 0.1) is 0 Å². The van der Waals surface area contributed by atoms with Gasteiger partial charge in [-0.2, -0.15) is 0 Å². The molecular formula is C19H34O5Si. The van der Waals surface area contributed by atoms with Crippen LogP contribution in [0.25, 0.3) is 0 Å². The van der Waals surface area contributed by atoms with Crippen molar-refractivity contribution in [1.82, 2.24) is 0 Å². The van der Waals surface area contributed by atoms with E-state index in [0.717, 1.165) is 24.6 Å². The molecule has 6 heteroatoms. The number of ether oxygens (including phenoxy) is 2. The first-order chi connectivity index (χ1) is 12.1. The van der Waals surface area contributed by atoms with Crippen LogP contribution in [-0.2, 0) is 24.4 Å². The Balaban J connectivity index is 2.52. The maximum absolute atomic E-state index is 5.89. The van der Waals surface area contributed by atoms with Crippen LogP contribution in [0.4, 0.5) is 0 Å². The average molecular weight is 371 g/mol. The lowest BCUT2D eigenvalue weighted by Gasteiger charge is -2.28. The smallest absolute Gasteiger partial charge is 0.465 e. The first kappa shape index (κ1) is 22.1. The summed E-state index contributed by atoms with van der Waals surface area (Å²) < 4.78 is 28.8. The van der Waals surface area contributed by atoms with E-state index in [2.05, 4.69) is 12.1 Å². The van der Waals surface area contributed by atoms with Gasteiger partial charge < -0.3 is 22.8 Å². The zero-order valence-electron chi connectivity index (χ0n) is 16.4. The minimum Gasteiger partial charge on any atom is -0.465 e. The van der Waals surface area contributed by atoms with Gasteiger partial charge in [-0.05, 0) is 65.2 Å². The minimum atomic E-state index is -2.53. The molecule has 0 bridgehead atoms. The lowest BCUT2D eigenvalue weighted by Crippen LogP contribution is -2.46. The van der Waals surface area contributed by atoms with Crippen LogP contribution in [0.15, 0.2) is 24.3 Å². The third-order valence-electron chi connectivity index (χ3n) is 3.67. The van der Waals surface area contributed by atoms with Gasteiger partial charge in [-0.25, -0.2) is 0 Å². The molecule has 0 spiro atoms. The molecule has 144 valence electrons. The topological polar surface area (TPSA) is 46.2 Å². The van der Waals surface area contributed by atoms with E-state index in [9.17, 15) is 0 Å². The molecule has 0 saturated carbocycles. The molecule has 0 amide bonds. The van der Waals surface area contributed by atoms with Crippen molar-refractivity contribution < 1.29 is 22.8 Å². The Kier molecular flexibility index (Phi) is 11.0. The van der Waals surface area contributed by atoms with Crippen molar-refractivity contribution in [2.75, 3.05) is 26.4 Å². The van der Waals surface area contributed by atoms with Crippen molar-refractivity contribution in [3.8, 4) is 5.75 Å². The SMILES string of the molecule is CCOC(C)Oc1ccc(CCC[Si](OCC)(OCC)OCC)cc1. The number of aryl methyl sites for hydroxylation is 1. The van der Waals surface area contributed by atoms with Gasteiger partial charge in [0.1, 0.15) is 5.75 Å². The van der Waals surface area contributed by atoms with Crippen LogP contribution in [0.5, 0.6) is 5.75 Å². The van der Waals surface area contributed by atoms with Crippen LogP contribution in [0.3, 0.4) is 0 Å². The summed E-state index contributed by atoms with van der Waals surface area (Å²) in [5.41, 5.74) is 1.27. The van der Waals surface area contributed by atoms with Crippen molar-refractivity contribution in [3.63, 3.8) is 0 Å². The van der Waals surface area contributed by atoms with Gasteiger partial charge in [0.2, 0.25) is 0 Å². The van der Waals surface area contributed by atoms with Gasteiger partial charge in [0, 0.05) is 32.5 Å². The second kappa shape index (κ2) is 12.4. The predicted octanol–water partition coefficient (Wildman–Crippen LogP) is 4.43. The van der Waals surface area contributed by atoms with Crippen LogP contribution < -0.4 is 4.74 Å². The summed E-state index contributed by atoms with van der Waals surface area (Å²) >= 11 is 0. The summed E-state index contributed by atoms with van der Waals surface area (Å²) in [7, 11) is -2.53. The van der Waals surface area contributed by atoms with E-state index in [1.807, 2.05) is 46.8 Å². The minimum absolute atomic E-state index is 0.231. The Labute approximate surface area is 153 Å². The predicted molar refractivity (Wildman–Crippen MR) is 102 cm³/mol. The van der Waals surface area contributed by atoms with Crippen LogP contribution in [0.2, 0.25) is 6.04 Å². The lowest BCUT2D eigenvalue weighted by molar-refractivity contribution is -0.0613. The highest BCUT2D eigenvalue weighted by Gasteiger charge is 2.39. The Morgan fingerprint density at radius 2 is 1.40 bits per heavy atom. The Morgan fingerprint density at radius 3 is 1.88 bits per heavy atom. The molecule has 1 unspecified atom stereocenters. The summed E-state index contributed by atoms with van der Waals surface area (Å²) in [6.07, 6.45) is 1.71. The third kappa shape index (κ3) is 8.33. The average Bonchev–Trinajstić information content (AvgIpc) is 2.57. The van der Waals surface area contributed by atoms with Gasteiger partial charge in [-0.15, -0.1) is 0 Å². The second-order valence-electron chi connectivity index (χ2n) is 5.62. The Hall–Kier alpha value is -0.923. The molecule has 1 aromatic rings. The summed E-state index contributed by atoms with van der Waals surface area (Å²) in [5.74, 6) is 0.825. The fourth-order valence-electron chi connectivity index (χ4n) is 2.71. The zero-order valence-corrected chi connectivity index (χ0v) is 17.4. The van der Waals surface area contributed by atoms with Crippen molar-refractivity contribution in [1.29, 1.82) is 0 Å². The van der Waals surface area contributed by atoms with Crippen LogP contribution in [-0.4, -0.2) is 41.5 Å². The molecule has 0 radical (unpaired) electrons. The summed E-state index contributed by atoms with van der Waals surface area (Å²) in [6, 6.07) is 9.01. The van der Waals surface area contributed by atoms with Gasteiger partial charge >= 0.3 is 8.80 Å². The van der Waals surface area contributed by atoms with E-state index < -0.39 is 8.80 Å². The summed E-state index contributed by atoms with van der Waals surface area (Å²) in [6.45, 7) is 12.3. The molecule has 0 N–H and O–H groups in total. The number of hydrogen-bond donors (Lipinski definition) is 0. The van der Waals surface area contributed by atoms with E-state index in [1.54, 1.807) is 0 Å². The van der Waals surface area contributed by atoms with Crippen molar-refractivity contribution in [2.24, 2.45) is 0 Å². The molecular weight excluding hydrogens is 336 g/mol. The van der Waals surface area contributed by atoms with Crippen LogP contribution >= 0.6 is 0 Å². The number of rotatable bonds is 14. The molecule has 0 heterocycles. The van der Waals surface area contributed by atoms with Crippen molar-refractivity contribution >= 4 is 8.80 Å². The van der Waals surface area contributed by atoms with E-state index in [-0.39, 0.29) is 6.29 Å². The first-order valence-electron chi connectivity index (χ1n) is 9.38. The maximum atomic E-state index is 5.89. The molecule has 0 aliphatic rings.